The number of halogens is 3. The minimum Gasteiger partial charge on any atom is -0.480 e. The van der Waals surface area contributed by atoms with E-state index in [0.29, 0.717) is 12.8 Å². The van der Waals surface area contributed by atoms with Gasteiger partial charge >= 0.3 is 12.1 Å². The van der Waals surface area contributed by atoms with Crippen LogP contribution in [0.25, 0.3) is 0 Å². The third kappa shape index (κ3) is 5.04. The molecule has 1 heterocycles. The number of rotatable bonds is 7. The summed E-state index contributed by atoms with van der Waals surface area (Å²) in [5.74, 6) is -0.979. The second kappa shape index (κ2) is 6.46. The van der Waals surface area contributed by atoms with Gasteiger partial charge in [0, 0.05) is 18.8 Å². The van der Waals surface area contributed by atoms with E-state index >= 15 is 0 Å². The molecule has 0 saturated heterocycles. The van der Waals surface area contributed by atoms with Crippen molar-refractivity contribution in [2.24, 2.45) is 0 Å². The highest BCUT2D eigenvalue weighted by Crippen LogP contribution is 2.28. The molecular formula is C13H20F3N3O2. The van der Waals surface area contributed by atoms with Crippen LogP contribution in [-0.4, -0.2) is 32.4 Å². The van der Waals surface area contributed by atoms with E-state index < -0.39 is 23.2 Å². The topological polar surface area (TPSA) is 67.2 Å². The first-order valence-corrected chi connectivity index (χ1v) is 6.65. The predicted octanol–water partition coefficient (Wildman–Crippen LogP) is 2.52. The zero-order chi connectivity index (χ0) is 16.3. The maximum Gasteiger partial charge on any atom is 0.419 e. The van der Waals surface area contributed by atoms with E-state index in [-0.39, 0.29) is 12.6 Å². The van der Waals surface area contributed by atoms with Crippen LogP contribution in [-0.2, 0) is 17.5 Å². The van der Waals surface area contributed by atoms with Crippen molar-refractivity contribution >= 4 is 5.97 Å². The number of nitrogens with zero attached hydrogens (tertiary/aromatic N) is 2. The van der Waals surface area contributed by atoms with Gasteiger partial charge in [-0.15, -0.1) is 0 Å². The van der Waals surface area contributed by atoms with Gasteiger partial charge in [0.1, 0.15) is 5.54 Å². The van der Waals surface area contributed by atoms with E-state index in [0.717, 1.165) is 12.4 Å². The fourth-order valence-corrected chi connectivity index (χ4v) is 2.10. The molecule has 8 heteroatoms. The summed E-state index contributed by atoms with van der Waals surface area (Å²) in [6.07, 6.45) is -2.02. The van der Waals surface area contributed by atoms with Crippen molar-refractivity contribution in [3.05, 3.63) is 18.0 Å². The van der Waals surface area contributed by atoms with E-state index in [4.69, 9.17) is 0 Å². The first-order chi connectivity index (χ1) is 9.54. The Morgan fingerprint density at radius 2 is 2.10 bits per heavy atom. The molecule has 0 radical (unpaired) electrons. The average Bonchev–Trinajstić information content (AvgIpc) is 2.76. The van der Waals surface area contributed by atoms with Gasteiger partial charge in [-0.1, -0.05) is 0 Å². The summed E-state index contributed by atoms with van der Waals surface area (Å²) >= 11 is 0. The lowest BCUT2D eigenvalue weighted by Crippen LogP contribution is -2.52. The molecule has 120 valence electrons. The van der Waals surface area contributed by atoms with E-state index in [2.05, 4.69) is 10.4 Å². The number of carboxylic acid groups (broad SMARTS) is 1. The Hall–Kier alpha value is -1.57. The maximum absolute atomic E-state index is 12.4. The van der Waals surface area contributed by atoms with Crippen LogP contribution in [0.15, 0.2) is 12.4 Å². The quantitative estimate of drug-likeness (QED) is 0.812. The minimum atomic E-state index is -4.41. The molecule has 0 aliphatic carbocycles. The number of aliphatic carboxylic acids is 1. The van der Waals surface area contributed by atoms with Crippen molar-refractivity contribution in [2.45, 2.75) is 57.9 Å². The molecule has 5 nitrogen and oxygen atoms in total. The number of hydrogen-bond donors (Lipinski definition) is 2. The van der Waals surface area contributed by atoms with Crippen LogP contribution < -0.4 is 5.32 Å². The van der Waals surface area contributed by atoms with E-state index in [1.165, 1.54) is 4.68 Å². The Morgan fingerprint density at radius 3 is 2.52 bits per heavy atom. The van der Waals surface area contributed by atoms with E-state index in [9.17, 15) is 23.1 Å². The molecule has 1 atom stereocenters. The maximum atomic E-state index is 12.4. The first-order valence-electron chi connectivity index (χ1n) is 6.65. The molecule has 1 rings (SSSR count). The number of nitrogens with one attached hydrogen (secondary N) is 1. The van der Waals surface area contributed by atoms with Crippen molar-refractivity contribution in [1.29, 1.82) is 0 Å². The number of aryl methyl sites for hydroxylation is 1. The summed E-state index contributed by atoms with van der Waals surface area (Å²) < 4.78 is 38.4. The van der Waals surface area contributed by atoms with Crippen LogP contribution in [0.5, 0.6) is 0 Å². The van der Waals surface area contributed by atoms with Crippen molar-refractivity contribution < 1.29 is 23.1 Å². The highest BCUT2D eigenvalue weighted by Gasteiger charge is 2.34. The van der Waals surface area contributed by atoms with Gasteiger partial charge in [-0.3, -0.25) is 14.8 Å². The Bertz CT molecular complexity index is 485. The Morgan fingerprint density at radius 1 is 1.48 bits per heavy atom. The molecule has 1 aromatic heterocycles. The van der Waals surface area contributed by atoms with Gasteiger partial charge in [-0.05, 0) is 33.6 Å². The second-order valence-electron chi connectivity index (χ2n) is 5.53. The van der Waals surface area contributed by atoms with Gasteiger partial charge in [-0.2, -0.15) is 18.3 Å². The highest BCUT2D eigenvalue weighted by atomic mass is 19.4. The summed E-state index contributed by atoms with van der Waals surface area (Å²) in [6.45, 7) is 5.48. The van der Waals surface area contributed by atoms with Crippen LogP contribution in [0.1, 0.15) is 39.2 Å². The lowest BCUT2D eigenvalue weighted by Gasteiger charge is -2.28. The molecule has 0 aliphatic rings. The Labute approximate surface area is 121 Å². The lowest BCUT2D eigenvalue weighted by atomic mass is 9.95. The van der Waals surface area contributed by atoms with Crippen molar-refractivity contribution in [3.8, 4) is 0 Å². The molecular weight excluding hydrogens is 287 g/mol. The van der Waals surface area contributed by atoms with Gasteiger partial charge < -0.3 is 5.11 Å². The van der Waals surface area contributed by atoms with Crippen LogP contribution in [0, 0.1) is 0 Å². The van der Waals surface area contributed by atoms with Gasteiger partial charge in [0.15, 0.2) is 0 Å². The fourth-order valence-electron chi connectivity index (χ4n) is 2.10. The molecule has 0 bridgehead atoms. The number of alkyl halides is 3. The first kappa shape index (κ1) is 17.5. The molecule has 0 aliphatic heterocycles. The Kier molecular flexibility index (Phi) is 5.38. The summed E-state index contributed by atoms with van der Waals surface area (Å²) in [4.78, 5) is 11.3. The van der Waals surface area contributed by atoms with Crippen molar-refractivity contribution in [2.75, 3.05) is 0 Å². The molecule has 0 fully saturated rings. The van der Waals surface area contributed by atoms with Gasteiger partial charge in [0.05, 0.1) is 11.8 Å². The summed E-state index contributed by atoms with van der Waals surface area (Å²) in [5.41, 5.74) is -1.91. The molecule has 0 amide bonds. The minimum absolute atomic E-state index is 0.00682. The molecule has 1 aromatic rings. The predicted molar refractivity (Wildman–Crippen MR) is 70.8 cm³/mol. The monoisotopic (exact) mass is 307 g/mol. The normalized spacial score (nSPS) is 15.2. The Balaban J connectivity index is 2.59. The zero-order valence-electron chi connectivity index (χ0n) is 12.2. The van der Waals surface area contributed by atoms with E-state index in [1.807, 2.05) is 13.8 Å². The van der Waals surface area contributed by atoms with Crippen molar-refractivity contribution in [3.63, 3.8) is 0 Å². The van der Waals surface area contributed by atoms with Crippen molar-refractivity contribution in [1.82, 2.24) is 15.1 Å². The number of hydrogen-bond acceptors (Lipinski definition) is 3. The second-order valence-corrected chi connectivity index (χ2v) is 5.53. The fraction of sp³-hybridized carbons (Fsp3) is 0.692. The molecule has 0 aromatic carbocycles. The average molecular weight is 307 g/mol. The highest BCUT2D eigenvalue weighted by molar-refractivity contribution is 5.78. The molecule has 0 saturated carbocycles. The standard InChI is InChI=1S/C13H20F3N3O2/c1-9(2)18-12(3,11(20)21)5-4-6-19-8-10(7-17-19)13(14,15)16/h7-9,18H,4-6H2,1-3H3,(H,20,21). The molecule has 21 heavy (non-hydrogen) atoms. The van der Waals surface area contributed by atoms with Gasteiger partial charge in [-0.25, -0.2) is 0 Å². The van der Waals surface area contributed by atoms with Crippen LogP contribution in [0.4, 0.5) is 13.2 Å². The van der Waals surface area contributed by atoms with Crippen LogP contribution in [0.3, 0.4) is 0 Å². The molecule has 0 spiro atoms. The number of carboxylic acids is 1. The third-order valence-electron chi connectivity index (χ3n) is 3.10. The summed E-state index contributed by atoms with van der Waals surface area (Å²) in [7, 11) is 0. The summed E-state index contributed by atoms with van der Waals surface area (Å²) in [5, 5.41) is 15.9. The number of aromatic nitrogens is 2. The van der Waals surface area contributed by atoms with E-state index in [1.54, 1.807) is 6.92 Å². The van der Waals surface area contributed by atoms with Crippen LogP contribution >= 0.6 is 0 Å². The smallest absolute Gasteiger partial charge is 0.419 e. The van der Waals surface area contributed by atoms with Crippen LogP contribution in [0.2, 0.25) is 0 Å². The largest absolute Gasteiger partial charge is 0.480 e. The molecule has 1 unspecified atom stereocenters. The summed E-state index contributed by atoms with van der Waals surface area (Å²) in [6, 6.07) is -0.00682. The zero-order valence-corrected chi connectivity index (χ0v) is 12.2. The van der Waals surface area contributed by atoms with Gasteiger partial charge in [0.25, 0.3) is 0 Å². The third-order valence-corrected chi connectivity index (χ3v) is 3.10. The number of carbonyl (C=O) groups is 1. The van der Waals surface area contributed by atoms with Gasteiger partial charge in [0.2, 0.25) is 0 Å². The lowest BCUT2D eigenvalue weighted by molar-refractivity contribution is -0.144. The molecule has 2 N–H and O–H groups in total. The SMILES string of the molecule is CC(C)NC(C)(CCCn1cc(C(F)(F)F)cn1)C(=O)O.